The van der Waals surface area contributed by atoms with Gasteiger partial charge in [0.2, 0.25) is 5.91 Å². The molecule has 1 saturated carbocycles. The van der Waals surface area contributed by atoms with Gasteiger partial charge in [-0.15, -0.1) is 0 Å². The summed E-state index contributed by atoms with van der Waals surface area (Å²) in [5.74, 6) is 1.69. The lowest BCUT2D eigenvalue weighted by atomic mass is 10.0. The first-order chi connectivity index (χ1) is 7.65. The van der Waals surface area contributed by atoms with Gasteiger partial charge in [0.25, 0.3) is 0 Å². The Kier molecular flexibility index (Phi) is 3.64. The van der Waals surface area contributed by atoms with Crippen LogP contribution in [-0.2, 0) is 4.79 Å². The molecule has 0 aromatic heterocycles. The van der Waals surface area contributed by atoms with Crippen LogP contribution in [0.25, 0.3) is 0 Å². The van der Waals surface area contributed by atoms with Crippen molar-refractivity contribution in [1.29, 1.82) is 0 Å². The molecule has 0 spiro atoms. The number of carbonyl (C=O) groups excluding carboxylic acids is 1. The van der Waals surface area contributed by atoms with E-state index in [2.05, 4.69) is 12.2 Å². The molecule has 90 valence electrons. The molecule has 0 heterocycles. The van der Waals surface area contributed by atoms with Gasteiger partial charge in [-0.3, -0.25) is 4.79 Å². The van der Waals surface area contributed by atoms with Crippen LogP contribution in [0, 0.1) is 17.8 Å². The molecule has 4 atom stereocenters. The van der Waals surface area contributed by atoms with E-state index in [1.807, 2.05) is 12.2 Å². The number of rotatable bonds is 3. The SMILES string of the molecule is CC1CCC(CNC(=O)C2C=CC(N)C2)C1. The summed E-state index contributed by atoms with van der Waals surface area (Å²) >= 11 is 0. The van der Waals surface area contributed by atoms with Gasteiger partial charge < -0.3 is 11.1 Å². The molecule has 16 heavy (non-hydrogen) atoms. The van der Waals surface area contributed by atoms with E-state index in [1.54, 1.807) is 0 Å². The Balaban J connectivity index is 1.70. The molecule has 3 nitrogen and oxygen atoms in total. The van der Waals surface area contributed by atoms with Crippen LogP contribution in [0.2, 0.25) is 0 Å². The summed E-state index contributed by atoms with van der Waals surface area (Å²) < 4.78 is 0. The van der Waals surface area contributed by atoms with Gasteiger partial charge >= 0.3 is 0 Å². The summed E-state index contributed by atoms with van der Waals surface area (Å²) in [6, 6.07) is 0.0715. The highest BCUT2D eigenvalue weighted by Crippen LogP contribution is 2.29. The Morgan fingerprint density at radius 3 is 2.75 bits per heavy atom. The van der Waals surface area contributed by atoms with Gasteiger partial charge in [0.1, 0.15) is 0 Å². The fourth-order valence-corrected chi connectivity index (χ4v) is 2.81. The highest BCUT2D eigenvalue weighted by atomic mass is 16.1. The first kappa shape index (κ1) is 11.6. The van der Waals surface area contributed by atoms with Crippen molar-refractivity contribution >= 4 is 5.91 Å². The molecule has 0 radical (unpaired) electrons. The Bertz CT molecular complexity index is 288. The molecular weight excluding hydrogens is 200 g/mol. The molecule has 4 unspecified atom stereocenters. The molecule has 1 fully saturated rings. The summed E-state index contributed by atoms with van der Waals surface area (Å²) in [7, 11) is 0. The summed E-state index contributed by atoms with van der Waals surface area (Å²) in [5, 5.41) is 3.06. The third kappa shape index (κ3) is 2.85. The summed E-state index contributed by atoms with van der Waals surface area (Å²) in [5.41, 5.74) is 5.73. The van der Waals surface area contributed by atoms with E-state index >= 15 is 0 Å². The van der Waals surface area contributed by atoms with Crippen molar-refractivity contribution in [3.63, 3.8) is 0 Å². The van der Waals surface area contributed by atoms with E-state index < -0.39 is 0 Å². The molecular formula is C13H22N2O. The monoisotopic (exact) mass is 222 g/mol. The van der Waals surface area contributed by atoms with Crippen LogP contribution in [-0.4, -0.2) is 18.5 Å². The predicted molar refractivity (Wildman–Crippen MR) is 64.7 cm³/mol. The second kappa shape index (κ2) is 5.00. The molecule has 1 amide bonds. The lowest BCUT2D eigenvalue weighted by Gasteiger charge is -2.14. The fourth-order valence-electron chi connectivity index (χ4n) is 2.81. The number of nitrogens with two attached hydrogens (primary N) is 1. The number of hydrogen-bond acceptors (Lipinski definition) is 2. The highest BCUT2D eigenvalue weighted by Gasteiger charge is 2.25. The smallest absolute Gasteiger partial charge is 0.227 e. The van der Waals surface area contributed by atoms with E-state index in [9.17, 15) is 4.79 Å². The number of carbonyl (C=O) groups is 1. The molecule has 0 bridgehead atoms. The lowest BCUT2D eigenvalue weighted by molar-refractivity contribution is -0.123. The topological polar surface area (TPSA) is 55.1 Å². The molecule has 0 aliphatic heterocycles. The second-order valence-electron chi connectivity index (χ2n) is 5.42. The number of amides is 1. The Hall–Kier alpha value is -0.830. The Labute approximate surface area is 97.5 Å². The zero-order valence-corrected chi connectivity index (χ0v) is 9.99. The van der Waals surface area contributed by atoms with Crippen molar-refractivity contribution in [3.8, 4) is 0 Å². The lowest BCUT2D eigenvalue weighted by Crippen LogP contribution is -2.33. The normalized spacial score (nSPS) is 37.9. The third-order valence-electron chi connectivity index (χ3n) is 3.82. The Morgan fingerprint density at radius 2 is 2.19 bits per heavy atom. The van der Waals surface area contributed by atoms with Crippen molar-refractivity contribution in [2.24, 2.45) is 23.5 Å². The minimum atomic E-state index is 0.00817. The average molecular weight is 222 g/mol. The van der Waals surface area contributed by atoms with E-state index in [-0.39, 0.29) is 17.9 Å². The molecule has 3 N–H and O–H groups in total. The van der Waals surface area contributed by atoms with E-state index in [1.165, 1.54) is 19.3 Å². The number of hydrogen-bond donors (Lipinski definition) is 2. The minimum absolute atomic E-state index is 0.00817. The number of nitrogens with one attached hydrogen (secondary N) is 1. The second-order valence-corrected chi connectivity index (χ2v) is 5.42. The summed E-state index contributed by atoms with van der Waals surface area (Å²) in [6.07, 6.45) is 8.49. The molecule has 0 aromatic carbocycles. The van der Waals surface area contributed by atoms with E-state index in [0.29, 0.717) is 5.92 Å². The van der Waals surface area contributed by atoms with Crippen LogP contribution in [0.3, 0.4) is 0 Å². The maximum absolute atomic E-state index is 11.8. The standard InChI is InChI=1S/C13H22N2O/c1-9-2-3-10(6-9)8-15-13(16)11-4-5-12(14)7-11/h4-5,9-12H,2-3,6-8,14H2,1H3,(H,15,16). The largest absolute Gasteiger partial charge is 0.355 e. The van der Waals surface area contributed by atoms with Gasteiger partial charge in [0.15, 0.2) is 0 Å². The van der Waals surface area contributed by atoms with Crippen LogP contribution in [0.5, 0.6) is 0 Å². The highest BCUT2D eigenvalue weighted by molar-refractivity contribution is 5.81. The first-order valence-corrected chi connectivity index (χ1v) is 6.36. The van der Waals surface area contributed by atoms with Gasteiger partial charge in [-0.25, -0.2) is 0 Å². The van der Waals surface area contributed by atoms with E-state index in [4.69, 9.17) is 5.73 Å². The maximum Gasteiger partial charge on any atom is 0.227 e. The van der Waals surface area contributed by atoms with Gasteiger partial charge in [-0.05, 0) is 31.1 Å². The third-order valence-corrected chi connectivity index (χ3v) is 3.82. The van der Waals surface area contributed by atoms with Gasteiger partial charge in [0.05, 0.1) is 5.92 Å². The van der Waals surface area contributed by atoms with Crippen LogP contribution in [0.4, 0.5) is 0 Å². The molecule has 0 aromatic rings. The van der Waals surface area contributed by atoms with Crippen molar-refractivity contribution in [3.05, 3.63) is 12.2 Å². The van der Waals surface area contributed by atoms with Crippen LogP contribution in [0.15, 0.2) is 12.2 Å². The van der Waals surface area contributed by atoms with Crippen molar-refractivity contribution in [2.75, 3.05) is 6.54 Å². The molecule has 2 aliphatic rings. The van der Waals surface area contributed by atoms with Crippen molar-refractivity contribution in [1.82, 2.24) is 5.32 Å². The van der Waals surface area contributed by atoms with Crippen LogP contribution in [0.1, 0.15) is 32.6 Å². The van der Waals surface area contributed by atoms with Crippen LogP contribution < -0.4 is 11.1 Å². The van der Waals surface area contributed by atoms with Crippen molar-refractivity contribution in [2.45, 2.75) is 38.6 Å². The first-order valence-electron chi connectivity index (χ1n) is 6.36. The zero-order chi connectivity index (χ0) is 11.5. The van der Waals surface area contributed by atoms with Crippen molar-refractivity contribution < 1.29 is 4.79 Å². The zero-order valence-electron chi connectivity index (χ0n) is 9.99. The van der Waals surface area contributed by atoms with Gasteiger partial charge in [0, 0.05) is 12.6 Å². The fraction of sp³-hybridized carbons (Fsp3) is 0.769. The van der Waals surface area contributed by atoms with Crippen LogP contribution >= 0.6 is 0 Å². The molecule has 2 aliphatic carbocycles. The quantitative estimate of drug-likeness (QED) is 0.710. The van der Waals surface area contributed by atoms with Gasteiger partial charge in [-0.1, -0.05) is 25.5 Å². The summed E-state index contributed by atoms with van der Waals surface area (Å²) in [6.45, 7) is 3.14. The maximum atomic E-state index is 11.8. The Morgan fingerprint density at radius 1 is 1.38 bits per heavy atom. The molecule has 3 heteroatoms. The summed E-state index contributed by atoms with van der Waals surface area (Å²) in [4.78, 5) is 11.8. The molecule has 2 rings (SSSR count). The molecule has 0 saturated heterocycles. The predicted octanol–water partition coefficient (Wildman–Crippen LogP) is 1.44. The van der Waals surface area contributed by atoms with E-state index in [0.717, 1.165) is 18.9 Å². The average Bonchev–Trinajstić information content (AvgIpc) is 2.84. The minimum Gasteiger partial charge on any atom is -0.355 e. The van der Waals surface area contributed by atoms with Gasteiger partial charge in [-0.2, -0.15) is 0 Å².